The summed E-state index contributed by atoms with van der Waals surface area (Å²) >= 11 is 0. The van der Waals surface area contributed by atoms with E-state index >= 15 is 0 Å². The number of alkyl carbamates (subject to hydrolysis) is 1. The van der Waals surface area contributed by atoms with Gasteiger partial charge in [0.2, 0.25) is 5.91 Å². The molecule has 2 atom stereocenters. The Morgan fingerprint density at radius 3 is 2.24 bits per heavy atom. The monoisotopic (exact) mass is 412 g/mol. The number of hydrogen-bond donors (Lipinski definition) is 2. The number of carbonyl (C=O) groups excluding carboxylic acids is 2. The van der Waals surface area contributed by atoms with Crippen molar-refractivity contribution >= 4 is 12.0 Å². The first-order valence-electron chi connectivity index (χ1n) is 9.35. The van der Waals surface area contributed by atoms with Crippen LogP contribution in [0.4, 0.5) is 9.18 Å². The van der Waals surface area contributed by atoms with Gasteiger partial charge in [0.15, 0.2) is 0 Å². The van der Waals surface area contributed by atoms with Crippen molar-refractivity contribution in [1.29, 1.82) is 0 Å². The van der Waals surface area contributed by atoms with Gasteiger partial charge in [0.05, 0.1) is 6.10 Å². The number of amides is 2. The van der Waals surface area contributed by atoms with E-state index in [4.69, 9.17) is 9.47 Å². The van der Waals surface area contributed by atoms with Gasteiger partial charge < -0.3 is 24.8 Å². The molecule has 29 heavy (non-hydrogen) atoms. The van der Waals surface area contributed by atoms with Gasteiger partial charge in [0, 0.05) is 20.2 Å². The molecule has 2 N–H and O–H groups in total. The quantitative estimate of drug-likeness (QED) is 0.776. The van der Waals surface area contributed by atoms with Crippen LogP contribution in [0, 0.1) is 5.82 Å². The lowest BCUT2D eigenvalue weighted by Crippen LogP contribution is -2.54. The molecule has 164 valence electrons. The highest BCUT2D eigenvalue weighted by atomic mass is 19.1. The topological polar surface area (TPSA) is 88.1 Å². The van der Waals surface area contributed by atoms with E-state index in [1.54, 1.807) is 32.8 Å². The number of halogens is 1. The second-order valence-corrected chi connectivity index (χ2v) is 7.88. The summed E-state index contributed by atoms with van der Waals surface area (Å²) < 4.78 is 23.8. The summed E-state index contributed by atoms with van der Waals surface area (Å²) in [6, 6.07) is 3.90. The third kappa shape index (κ3) is 7.29. The number of carbonyl (C=O) groups is 2. The van der Waals surface area contributed by atoms with Gasteiger partial charge in [-0.2, -0.15) is 0 Å². The third-order valence-electron chi connectivity index (χ3n) is 4.55. The number of aliphatic hydroxyl groups excluding tert-OH is 1. The fraction of sp³-hybridized carbons (Fsp3) is 0.619. The van der Waals surface area contributed by atoms with E-state index < -0.39 is 35.6 Å². The highest BCUT2D eigenvalue weighted by Gasteiger charge is 2.35. The lowest BCUT2D eigenvalue weighted by Gasteiger charge is -2.35. The number of ether oxygens (including phenoxy) is 2. The van der Waals surface area contributed by atoms with E-state index in [0.717, 1.165) is 0 Å². The van der Waals surface area contributed by atoms with Gasteiger partial charge in [-0.3, -0.25) is 4.79 Å². The first-order valence-corrected chi connectivity index (χ1v) is 9.35. The number of hydrogen-bond acceptors (Lipinski definition) is 5. The van der Waals surface area contributed by atoms with Crippen LogP contribution in [0.25, 0.3) is 0 Å². The summed E-state index contributed by atoms with van der Waals surface area (Å²) in [5, 5.41) is 13.2. The van der Waals surface area contributed by atoms with E-state index in [1.807, 2.05) is 0 Å². The molecule has 0 aromatic heterocycles. The summed E-state index contributed by atoms with van der Waals surface area (Å²) in [6.07, 6.45) is -0.717. The Morgan fingerprint density at radius 2 is 1.76 bits per heavy atom. The van der Waals surface area contributed by atoms with Crippen LogP contribution in [-0.2, 0) is 14.3 Å². The van der Waals surface area contributed by atoms with Crippen LogP contribution in [0.15, 0.2) is 24.3 Å². The number of nitrogens with one attached hydrogen (secondary N) is 1. The van der Waals surface area contributed by atoms with Crippen molar-refractivity contribution in [3.8, 4) is 0 Å². The van der Waals surface area contributed by atoms with Crippen molar-refractivity contribution < 1.29 is 28.6 Å². The third-order valence-corrected chi connectivity index (χ3v) is 4.55. The maximum absolute atomic E-state index is 13.2. The average Bonchev–Trinajstić information content (AvgIpc) is 2.64. The normalized spacial score (nSPS) is 17.1. The molecule has 8 heteroatoms. The Hall–Kier alpha value is -2.19. The predicted molar refractivity (Wildman–Crippen MR) is 108 cm³/mol. The standard InChI is InChI=1S/C20H29FN2O5.CH4/c1-20(2,3)28-19(26)22-16(17(24)13-5-7-14(21)8-6-13)18(25)23-11-9-15(27-4)10-12-23;/h5-8,15-17,24H,9-12H2,1-4H3,(H,22,26);1H4/t16-,17+;/m1./s1. The summed E-state index contributed by atoms with van der Waals surface area (Å²) in [4.78, 5) is 26.9. The highest BCUT2D eigenvalue weighted by Crippen LogP contribution is 2.22. The van der Waals surface area contributed by atoms with Gasteiger partial charge in [0.1, 0.15) is 23.6 Å². The number of nitrogens with zero attached hydrogens (tertiary/aromatic N) is 1. The largest absolute Gasteiger partial charge is 0.444 e. The Kier molecular flexibility index (Phi) is 9.04. The maximum Gasteiger partial charge on any atom is 0.408 e. The van der Waals surface area contributed by atoms with Crippen molar-refractivity contribution in [3.63, 3.8) is 0 Å². The molecule has 1 saturated heterocycles. The van der Waals surface area contributed by atoms with Crippen LogP contribution in [0.3, 0.4) is 0 Å². The molecule has 1 aromatic carbocycles. The molecular formula is C21H33FN2O5. The van der Waals surface area contributed by atoms with Gasteiger partial charge >= 0.3 is 6.09 Å². The SMILES string of the molecule is C.COC1CCN(C(=O)[C@H](NC(=O)OC(C)(C)C)[C@@H](O)c2ccc(F)cc2)CC1. The number of methoxy groups -OCH3 is 1. The smallest absolute Gasteiger partial charge is 0.408 e. The fourth-order valence-corrected chi connectivity index (χ4v) is 3.07. The van der Waals surface area contributed by atoms with E-state index in [0.29, 0.717) is 31.5 Å². The fourth-order valence-electron chi connectivity index (χ4n) is 3.07. The Morgan fingerprint density at radius 1 is 1.21 bits per heavy atom. The molecule has 1 aliphatic rings. The first kappa shape index (κ1) is 24.8. The van der Waals surface area contributed by atoms with Gasteiger partial charge in [0.25, 0.3) is 0 Å². The van der Waals surface area contributed by atoms with Crippen molar-refractivity contribution in [2.24, 2.45) is 0 Å². The molecule has 1 aliphatic heterocycles. The summed E-state index contributed by atoms with van der Waals surface area (Å²) in [6.45, 7) is 6.03. The molecule has 1 heterocycles. The average molecular weight is 413 g/mol. The molecule has 0 bridgehead atoms. The van der Waals surface area contributed by atoms with Crippen molar-refractivity contribution in [3.05, 3.63) is 35.6 Å². The molecule has 2 rings (SSSR count). The van der Waals surface area contributed by atoms with Crippen LogP contribution in [0.1, 0.15) is 52.7 Å². The molecule has 0 unspecified atom stereocenters. The summed E-state index contributed by atoms with van der Waals surface area (Å²) in [7, 11) is 1.63. The Bertz CT molecular complexity index is 667. The van der Waals surface area contributed by atoms with Crippen molar-refractivity contribution in [2.45, 2.75) is 64.9 Å². The summed E-state index contributed by atoms with van der Waals surface area (Å²) in [5.41, 5.74) is -0.433. The van der Waals surface area contributed by atoms with E-state index in [-0.39, 0.29) is 13.5 Å². The van der Waals surface area contributed by atoms with E-state index in [1.165, 1.54) is 24.3 Å². The van der Waals surface area contributed by atoms with Gasteiger partial charge in [-0.15, -0.1) is 0 Å². The van der Waals surface area contributed by atoms with Crippen molar-refractivity contribution in [1.82, 2.24) is 10.2 Å². The number of aliphatic hydroxyl groups is 1. The van der Waals surface area contributed by atoms with Crippen LogP contribution >= 0.6 is 0 Å². The number of likely N-dealkylation sites (tertiary alicyclic amines) is 1. The predicted octanol–water partition coefficient (Wildman–Crippen LogP) is 3.03. The van der Waals surface area contributed by atoms with Crippen molar-refractivity contribution in [2.75, 3.05) is 20.2 Å². The molecule has 0 spiro atoms. The Labute approximate surface area is 172 Å². The number of rotatable bonds is 5. The molecule has 0 aliphatic carbocycles. The molecule has 7 nitrogen and oxygen atoms in total. The minimum absolute atomic E-state index is 0. The molecule has 1 fully saturated rings. The van der Waals surface area contributed by atoms with Gasteiger partial charge in [-0.1, -0.05) is 19.6 Å². The van der Waals surface area contributed by atoms with Gasteiger partial charge in [-0.25, -0.2) is 9.18 Å². The highest BCUT2D eigenvalue weighted by molar-refractivity contribution is 5.86. The Balaban J connectivity index is 0.00000420. The second-order valence-electron chi connectivity index (χ2n) is 7.88. The van der Waals surface area contributed by atoms with Crippen LogP contribution in [0.2, 0.25) is 0 Å². The van der Waals surface area contributed by atoms with Crippen LogP contribution < -0.4 is 5.32 Å². The molecular weight excluding hydrogens is 379 g/mol. The lowest BCUT2D eigenvalue weighted by atomic mass is 9.99. The number of benzene rings is 1. The lowest BCUT2D eigenvalue weighted by molar-refractivity contribution is -0.138. The van der Waals surface area contributed by atoms with E-state index in [9.17, 15) is 19.1 Å². The molecule has 0 radical (unpaired) electrons. The number of piperidine rings is 1. The van der Waals surface area contributed by atoms with E-state index in [2.05, 4.69) is 5.32 Å². The zero-order chi connectivity index (χ0) is 20.9. The zero-order valence-corrected chi connectivity index (χ0v) is 16.8. The molecule has 1 aromatic rings. The first-order chi connectivity index (χ1) is 13.1. The second kappa shape index (κ2) is 10.5. The molecule has 0 saturated carbocycles. The van der Waals surface area contributed by atoms with Gasteiger partial charge in [-0.05, 0) is 51.3 Å². The summed E-state index contributed by atoms with van der Waals surface area (Å²) in [5.74, 6) is -0.877. The van der Waals surface area contributed by atoms with Crippen LogP contribution in [-0.4, -0.2) is 60.0 Å². The minimum Gasteiger partial charge on any atom is -0.444 e. The zero-order valence-electron chi connectivity index (χ0n) is 16.8. The molecule has 2 amide bonds. The van der Waals surface area contributed by atoms with Crippen LogP contribution in [0.5, 0.6) is 0 Å². The minimum atomic E-state index is -1.35. The maximum atomic E-state index is 13.2.